The van der Waals surface area contributed by atoms with Gasteiger partial charge in [-0.15, -0.1) is 30.1 Å². The number of thioether (sulfide) groups is 2. The first kappa shape index (κ1) is 45.5. The first-order chi connectivity index (χ1) is 31.4. The van der Waals surface area contributed by atoms with Crippen LogP contribution in [0.25, 0.3) is 10.8 Å². The Morgan fingerprint density at radius 1 is 0.875 bits per heavy atom. The number of hydrogen-bond donors (Lipinski definition) is 2. The molecule has 6 atom stereocenters. The van der Waals surface area contributed by atoms with Gasteiger partial charge in [0.05, 0.1) is 35.0 Å². The molecular weight excluding hydrogens is 845 g/mol. The van der Waals surface area contributed by atoms with Crippen LogP contribution >= 0.6 is 23.5 Å². The number of hydrogen-bond acceptors (Lipinski definition) is 11. The summed E-state index contributed by atoms with van der Waals surface area (Å²) in [6, 6.07) is 37.8. The fraction of sp³-hybridized carbons (Fsp3) is 0.365. The van der Waals surface area contributed by atoms with Crippen LogP contribution in [0.15, 0.2) is 155 Å². The molecule has 0 aromatic heterocycles. The maximum absolute atomic E-state index is 11.4. The van der Waals surface area contributed by atoms with Crippen LogP contribution in [0.2, 0.25) is 0 Å². The van der Waals surface area contributed by atoms with Crippen molar-refractivity contribution >= 4 is 45.7 Å². The van der Waals surface area contributed by atoms with Crippen molar-refractivity contribution in [2.75, 3.05) is 32.2 Å². The minimum Gasteiger partial charge on any atom is -0.493 e. The SMILES string of the molecule is C=CCO[C@@]12Oc3ccc(OCCSc4ccccc4)cc3[C@H]3[C@H](CCCCO)[C@@H](CCCCO)C=C(C(=NOCc4ccc([N+](=O)[O-])cc4)C[C@@H]1Sc1ccc4ccccc4c1)[C@H]32. The summed E-state index contributed by atoms with van der Waals surface area (Å²) in [5, 5.41) is 38.2. The molecule has 5 aromatic rings. The Balaban J connectivity index is 1.23. The van der Waals surface area contributed by atoms with Gasteiger partial charge >= 0.3 is 0 Å². The molecule has 2 N–H and O–H groups in total. The van der Waals surface area contributed by atoms with Crippen molar-refractivity contribution in [2.45, 2.75) is 78.3 Å². The minimum atomic E-state index is -1.15. The van der Waals surface area contributed by atoms with E-state index in [1.807, 2.05) is 36.4 Å². The molecule has 1 heterocycles. The number of nitro benzene ring substituents is 1. The maximum Gasteiger partial charge on any atom is 0.269 e. The fourth-order valence-electron chi connectivity index (χ4n) is 9.65. The first-order valence-electron chi connectivity index (χ1n) is 22.3. The van der Waals surface area contributed by atoms with Crippen molar-refractivity contribution < 1.29 is 34.2 Å². The number of oxime groups is 1. The molecule has 3 aliphatic rings. The first-order valence-corrected chi connectivity index (χ1v) is 24.2. The summed E-state index contributed by atoms with van der Waals surface area (Å²) in [7, 11) is 0. The molecule has 0 amide bonds. The Morgan fingerprint density at radius 3 is 2.41 bits per heavy atom. The number of rotatable bonds is 22. The molecule has 12 heteroatoms. The van der Waals surface area contributed by atoms with Crippen molar-refractivity contribution in [3.05, 3.63) is 161 Å². The largest absolute Gasteiger partial charge is 0.493 e. The third-order valence-corrected chi connectivity index (χ3v) is 14.8. The van der Waals surface area contributed by atoms with E-state index in [0.29, 0.717) is 25.9 Å². The van der Waals surface area contributed by atoms with Crippen molar-refractivity contribution in [3.63, 3.8) is 0 Å². The summed E-state index contributed by atoms with van der Waals surface area (Å²) in [5.41, 5.74) is 3.68. The third kappa shape index (κ3) is 10.4. The second-order valence-electron chi connectivity index (χ2n) is 16.6. The zero-order valence-electron chi connectivity index (χ0n) is 36.0. The molecule has 8 rings (SSSR count). The zero-order chi connectivity index (χ0) is 44.3. The molecule has 0 radical (unpaired) electrons. The average Bonchev–Trinajstić information content (AvgIpc) is 3.32. The quantitative estimate of drug-likeness (QED) is 0.0227. The van der Waals surface area contributed by atoms with Gasteiger partial charge in [0.25, 0.3) is 5.69 Å². The molecule has 0 unspecified atom stereocenters. The smallest absolute Gasteiger partial charge is 0.269 e. The van der Waals surface area contributed by atoms with Gasteiger partial charge in [0.1, 0.15) is 18.1 Å². The molecule has 1 fully saturated rings. The molecule has 64 heavy (non-hydrogen) atoms. The molecule has 1 aliphatic heterocycles. The number of fused-ring (bicyclic) bond motifs is 3. The van der Waals surface area contributed by atoms with Crippen LogP contribution in [-0.2, 0) is 16.2 Å². The number of aliphatic hydroxyl groups excluding tert-OH is 2. The fourth-order valence-corrected chi connectivity index (χ4v) is 11.7. The standard InChI is InChI=1S/C52H56N2O8S2/c1-2-28-60-52-49(64-43-24-20-37-12-6-7-13-38(37)31-43)34-47(53-61-35-36-18-21-40(22-19-36)54(57)58)45-32-39(14-8-10-26-55)44(17-9-11-27-56)50(51(45)52)46-33-41(23-25-48(46)62-52)59-29-30-63-42-15-4-3-5-16-42/h2-7,12-13,15-16,18-25,31-33,39,44,49-51,55-56H,1,8-11,14,17,26-30,34-35H2/t39-,44+,49-,50+,51+,52+/m0/s1. The van der Waals surface area contributed by atoms with Gasteiger partial charge < -0.3 is 29.3 Å². The molecule has 0 saturated heterocycles. The number of non-ortho nitro benzene ring substituents is 1. The number of nitro groups is 1. The number of unbranched alkanes of at least 4 members (excludes halogenated alkanes) is 2. The maximum atomic E-state index is 11.4. The van der Waals surface area contributed by atoms with Crippen molar-refractivity contribution in [2.24, 2.45) is 22.9 Å². The molecule has 1 saturated carbocycles. The van der Waals surface area contributed by atoms with Gasteiger partial charge in [0.15, 0.2) is 0 Å². The lowest BCUT2D eigenvalue weighted by Crippen LogP contribution is -2.64. The summed E-state index contributed by atoms with van der Waals surface area (Å²) in [6.07, 6.45) is 9.47. The normalized spacial score (nSPS) is 22.8. The Morgan fingerprint density at radius 2 is 1.64 bits per heavy atom. The van der Waals surface area contributed by atoms with Crippen LogP contribution in [0.5, 0.6) is 11.5 Å². The van der Waals surface area contributed by atoms with Crippen LogP contribution in [0.4, 0.5) is 5.69 Å². The van der Waals surface area contributed by atoms with E-state index in [1.54, 1.807) is 41.7 Å². The second kappa shape index (κ2) is 21.7. The molecule has 0 bridgehead atoms. The average molecular weight is 901 g/mol. The molecule has 0 spiro atoms. The molecule has 10 nitrogen and oxygen atoms in total. The topological polar surface area (TPSA) is 133 Å². The lowest BCUT2D eigenvalue weighted by Gasteiger charge is -2.58. The van der Waals surface area contributed by atoms with Crippen molar-refractivity contribution in [1.29, 1.82) is 0 Å². The predicted octanol–water partition coefficient (Wildman–Crippen LogP) is 11.5. The van der Waals surface area contributed by atoms with Gasteiger partial charge in [-0.05, 0) is 114 Å². The number of aliphatic hydroxyl groups is 2. The van der Waals surface area contributed by atoms with Gasteiger partial charge in [-0.3, -0.25) is 10.1 Å². The highest BCUT2D eigenvalue weighted by molar-refractivity contribution is 8.00. The lowest BCUT2D eigenvalue weighted by molar-refractivity contribution is -0.384. The lowest BCUT2D eigenvalue weighted by atomic mass is 9.56. The Hall–Kier alpha value is -5.11. The van der Waals surface area contributed by atoms with Crippen LogP contribution in [0.1, 0.15) is 62.0 Å². The third-order valence-electron chi connectivity index (χ3n) is 12.5. The Kier molecular flexibility index (Phi) is 15.4. The van der Waals surface area contributed by atoms with Crippen LogP contribution in [0, 0.1) is 27.9 Å². The highest BCUT2D eigenvalue weighted by Crippen LogP contribution is 2.63. The van der Waals surface area contributed by atoms with Crippen LogP contribution in [-0.4, -0.2) is 64.1 Å². The van der Waals surface area contributed by atoms with E-state index in [1.165, 1.54) is 17.0 Å². The van der Waals surface area contributed by atoms with E-state index in [-0.39, 0.29) is 61.0 Å². The zero-order valence-corrected chi connectivity index (χ0v) is 37.6. The summed E-state index contributed by atoms with van der Waals surface area (Å²) in [4.78, 5) is 19.4. The molecule has 5 aromatic carbocycles. The van der Waals surface area contributed by atoms with E-state index < -0.39 is 10.7 Å². The van der Waals surface area contributed by atoms with E-state index in [4.69, 9.17) is 24.2 Å². The predicted molar refractivity (Wildman–Crippen MR) is 255 cm³/mol. The molecule has 334 valence electrons. The number of allylic oxidation sites excluding steroid dienone is 1. The Bertz CT molecular complexity index is 2430. The summed E-state index contributed by atoms with van der Waals surface area (Å²) in [6.45, 7) is 5.25. The van der Waals surface area contributed by atoms with Crippen molar-refractivity contribution in [1.82, 2.24) is 0 Å². The highest BCUT2D eigenvalue weighted by Gasteiger charge is 2.64. The number of ether oxygens (including phenoxy) is 3. The molecular formula is C52H56N2O8S2. The number of nitrogens with zero attached hydrogens (tertiary/aromatic N) is 2. The van der Waals surface area contributed by atoms with E-state index in [2.05, 4.69) is 67.3 Å². The number of benzene rings is 5. The Labute approximate surface area is 383 Å². The van der Waals surface area contributed by atoms with E-state index in [0.717, 1.165) is 81.0 Å². The van der Waals surface area contributed by atoms with E-state index in [9.17, 15) is 20.3 Å². The summed E-state index contributed by atoms with van der Waals surface area (Å²) >= 11 is 3.48. The summed E-state index contributed by atoms with van der Waals surface area (Å²) in [5.74, 6) is 1.04. The highest BCUT2D eigenvalue weighted by atomic mass is 32.2. The van der Waals surface area contributed by atoms with Crippen LogP contribution < -0.4 is 9.47 Å². The van der Waals surface area contributed by atoms with Crippen molar-refractivity contribution in [3.8, 4) is 11.5 Å². The molecule has 2 aliphatic carbocycles. The van der Waals surface area contributed by atoms with Gasteiger partial charge in [0, 0.05) is 58.8 Å². The second-order valence-corrected chi connectivity index (χ2v) is 19.0. The van der Waals surface area contributed by atoms with Gasteiger partial charge in [-0.25, -0.2) is 0 Å². The monoisotopic (exact) mass is 900 g/mol. The van der Waals surface area contributed by atoms with Gasteiger partial charge in [-0.2, -0.15) is 0 Å². The van der Waals surface area contributed by atoms with Gasteiger partial charge in [-0.1, -0.05) is 78.7 Å². The summed E-state index contributed by atoms with van der Waals surface area (Å²) < 4.78 is 21.0. The van der Waals surface area contributed by atoms with Crippen LogP contribution in [0.3, 0.4) is 0 Å². The van der Waals surface area contributed by atoms with Gasteiger partial charge in [0.2, 0.25) is 5.79 Å². The minimum absolute atomic E-state index is 0.0168. The van der Waals surface area contributed by atoms with E-state index >= 15 is 0 Å².